The number of thioether (sulfide) groups is 1. The summed E-state index contributed by atoms with van der Waals surface area (Å²) in [6.45, 7) is 3.88. The van der Waals surface area contributed by atoms with Crippen LogP contribution in [0, 0.1) is 12.7 Å². The summed E-state index contributed by atoms with van der Waals surface area (Å²) in [6.07, 6.45) is 0. The van der Waals surface area contributed by atoms with E-state index in [4.69, 9.17) is 0 Å². The largest absolute Gasteiger partial charge is 0.293 e. The molecule has 0 unspecified atom stereocenters. The van der Waals surface area contributed by atoms with Gasteiger partial charge in [0, 0.05) is 21.9 Å². The van der Waals surface area contributed by atoms with Crippen molar-refractivity contribution in [2.24, 2.45) is 0 Å². The summed E-state index contributed by atoms with van der Waals surface area (Å²) in [7, 11) is 0. The van der Waals surface area contributed by atoms with E-state index in [1.54, 1.807) is 12.1 Å². The fourth-order valence-corrected chi connectivity index (χ4v) is 4.13. The molecule has 3 nitrogen and oxygen atoms in total. The standard InChI is InChI=1S/C24H19FN2OS/c1-15-7-9-18(10-8-15)23(28)16(2)29-24-21-6-4-3-5-20(21)22(26-27-24)17-11-13-19(25)14-12-17/h3-14,16H,1-2H3/t16-/m0/s1. The maximum atomic E-state index is 13.3. The predicted octanol–water partition coefficient (Wildman–Crippen LogP) is 6.11. The van der Waals surface area contributed by atoms with Crippen molar-refractivity contribution in [2.75, 3.05) is 0 Å². The van der Waals surface area contributed by atoms with Crippen molar-refractivity contribution in [2.45, 2.75) is 24.1 Å². The zero-order chi connectivity index (χ0) is 20.4. The van der Waals surface area contributed by atoms with Gasteiger partial charge in [-0.05, 0) is 38.1 Å². The van der Waals surface area contributed by atoms with E-state index in [0.717, 1.165) is 21.9 Å². The molecular weight excluding hydrogens is 383 g/mol. The normalized spacial score (nSPS) is 12.1. The van der Waals surface area contributed by atoms with E-state index in [0.29, 0.717) is 16.3 Å². The van der Waals surface area contributed by atoms with E-state index < -0.39 is 0 Å². The number of halogens is 1. The Kier molecular flexibility index (Phi) is 5.41. The van der Waals surface area contributed by atoms with E-state index >= 15 is 0 Å². The number of fused-ring (bicyclic) bond motifs is 1. The molecule has 0 bridgehead atoms. The molecule has 0 radical (unpaired) electrons. The van der Waals surface area contributed by atoms with Crippen LogP contribution in [-0.2, 0) is 0 Å². The number of carbonyl (C=O) groups is 1. The number of ketones is 1. The van der Waals surface area contributed by atoms with Crippen LogP contribution in [0.25, 0.3) is 22.0 Å². The van der Waals surface area contributed by atoms with Gasteiger partial charge in [-0.25, -0.2) is 4.39 Å². The first kappa shape index (κ1) is 19.3. The number of aromatic nitrogens is 2. The van der Waals surface area contributed by atoms with Crippen LogP contribution < -0.4 is 0 Å². The number of aryl methyl sites for hydroxylation is 1. The van der Waals surface area contributed by atoms with Gasteiger partial charge in [-0.15, -0.1) is 10.2 Å². The first-order valence-corrected chi connectivity index (χ1v) is 10.2. The van der Waals surface area contributed by atoms with Crippen LogP contribution in [0.1, 0.15) is 22.8 Å². The first-order valence-electron chi connectivity index (χ1n) is 9.32. The van der Waals surface area contributed by atoms with Gasteiger partial charge in [0.15, 0.2) is 5.78 Å². The smallest absolute Gasteiger partial charge is 0.175 e. The fraction of sp³-hybridized carbons (Fsp3) is 0.125. The Balaban J connectivity index is 1.68. The minimum atomic E-state index is -0.299. The molecule has 3 aromatic carbocycles. The summed E-state index contributed by atoms with van der Waals surface area (Å²) in [4.78, 5) is 12.8. The summed E-state index contributed by atoms with van der Waals surface area (Å²) in [5.74, 6) is -0.231. The van der Waals surface area contributed by atoms with E-state index in [1.807, 2.05) is 62.4 Å². The number of hydrogen-bond acceptors (Lipinski definition) is 4. The summed E-state index contributed by atoms with van der Waals surface area (Å²) in [6, 6.07) is 21.6. The summed E-state index contributed by atoms with van der Waals surface area (Å²) >= 11 is 1.40. The molecule has 0 N–H and O–H groups in total. The molecule has 1 atom stereocenters. The Morgan fingerprint density at radius 3 is 2.24 bits per heavy atom. The lowest BCUT2D eigenvalue weighted by atomic mass is 10.1. The Bertz CT molecular complexity index is 1170. The van der Waals surface area contributed by atoms with Crippen molar-refractivity contribution < 1.29 is 9.18 Å². The van der Waals surface area contributed by atoms with Gasteiger partial charge in [-0.3, -0.25) is 4.79 Å². The SMILES string of the molecule is Cc1ccc(C(=O)[C@H](C)Sc2nnc(-c3ccc(F)cc3)c3ccccc23)cc1. The van der Waals surface area contributed by atoms with Crippen molar-refractivity contribution in [3.63, 3.8) is 0 Å². The quantitative estimate of drug-likeness (QED) is 0.298. The van der Waals surface area contributed by atoms with Crippen molar-refractivity contribution in [3.8, 4) is 11.3 Å². The lowest BCUT2D eigenvalue weighted by molar-refractivity contribution is 0.0994. The summed E-state index contributed by atoms with van der Waals surface area (Å²) < 4.78 is 13.3. The molecule has 0 fully saturated rings. The van der Waals surface area contributed by atoms with E-state index in [1.165, 1.54) is 23.9 Å². The van der Waals surface area contributed by atoms with Gasteiger partial charge in [-0.1, -0.05) is 65.9 Å². The van der Waals surface area contributed by atoms with Gasteiger partial charge in [-0.2, -0.15) is 0 Å². The number of nitrogens with zero attached hydrogens (tertiary/aromatic N) is 2. The summed E-state index contributed by atoms with van der Waals surface area (Å²) in [5.41, 5.74) is 3.31. The molecule has 0 aliphatic rings. The second kappa shape index (κ2) is 8.13. The van der Waals surface area contributed by atoms with Crippen LogP contribution in [0.2, 0.25) is 0 Å². The second-order valence-electron chi connectivity index (χ2n) is 6.90. The minimum absolute atomic E-state index is 0.0588. The number of rotatable bonds is 5. The van der Waals surface area contributed by atoms with Crippen LogP contribution in [0.5, 0.6) is 0 Å². The van der Waals surface area contributed by atoms with Crippen LogP contribution >= 0.6 is 11.8 Å². The average Bonchev–Trinajstić information content (AvgIpc) is 2.75. The first-order chi connectivity index (χ1) is 14.0. The van der Waals surface area contributed by atoms with Crippen molar-refractivity contribution in [1.82, 2.24) is 10.2 Å². The van der Waals surface area contributed by atoms with E-state index in [-0.39, 0.29) is 16.9 Å². The Morgan fingerprint density at radius 2 is 1.55 bits per heavy atom. The van der Waals surface area contributed by atoms with E-state index in [9.17, 15) is 9.18 Å². The van der Waals surface area contributed by atoms with Crippen LogP contribution in [0.15, 0.2) is 77.8 Å². The third-order valence-corrected chi connectivity index (χ3v) is 5.86. The van der Waals surface area contributed by atoms with Gasteiger partial charge in [0.2, 0.25) is 0 Å². The van der Waals surface area contributed by atoms with Crippen LogP contribution in [0.3, 0.4) is 0 Å². The third kappa shape index (κ3) is 4.05. The van der Waals surface area contributed by atoms with Crippen molar-refractivity contribution in [1.29, 1.82) is 0 Å². The molecule has 0 saturated heterocycles. The zero-order valence-corrected chi connectivity index (χ0v) is 16.9. The molecule has 0 aliphatic heterocycles. The Labute approximate surface area is 173 Å². The van der Waals surface area contributed by atoms with Crippen LogP contribution in [-0.4, -0.2) is 21.2 Å². The van der Waals surface area contributed by atoms with Gasteiger partial charge >= 0.3 is 0 Å². The highest BCUT2D eigenvalue weighted by Gasteiger charge is 2.20. The number of carbonyl (C=O) groups excluding carboxylic acids is 1. The molecule has 144 valence electrons. The molecule has 0 spiro atoms. The molecule has 29 heavy (non-hydrogen) atoms. The molecule has 5 heteroatoms. The monoisotopic (exact) mass is 402 g/mol. The maximum Gasteiger partial charge on any atom is 0.175 e. The molecule has 1 heterocycles. The van der Waals surface area contributed by atoms with Gasteiger partial charge in [0.05, 0.1) is 5.25 Å². The van der Waals surface area contributed by atoms with Gasteiger partial charge in [0.25, 0.3) is 0 Å². The highest BCUT2D eigenvalue weighted by molar-refractivity contribution is 8.00. The Morgan fingerprint density at radius 1 is 0.897 bits per heavy atom. The highest BCUT2D eigenvalue weighted by Crippen LogP contribution is 2.34. The maximum absolute atomic E-state index is 13.3. The van der Waals surface area contributed by atoms with Gasteiger partial charge < -0.3 is 0 Å². The third-order valence-electron chi connectivity index (χ3n) is 4.76. The average molecular weight is 402 g/mol. The minimum Gasteiger partial charge on any atom is -0.293 e. The molecule has 0 amide bonds. The lowest BCUT2D eigenvalue weighted by Gasteiger charge is -2.13. The lowest BCUT2D eigenvalue weighted by Crippen LogP contribution is -2.14. The molecule has 4 rings (SSSR count). The van der Waals surface area contributed by atoms with E-state index in [2.05, 4.69) is 10.2 Å². The number of Topliss-reactive ketones (excluding diaryl/α,β-unsaturated/α-hetero) is 1. The second-order valence-corrected chi connectivity index (χ2v) is 8.23. The van der Waals surface area contributed by atoms with Gasteiger partial charge in [0.1, 0.15) is 16.5 Å². The molecular formula is C24H19FN2OS. The van der Waals surface area contributed by atoms with Crippen molar-refractivity contribution in [3.05, 3.63) is 89.7 Å². The highest BCUT2D eigenvalue weighted by atomic mass is 32.2. The summed E-state index contributed by atoms with van der Waals surface area (Å²) in [5, 5.41) is 11.1. The molecule has 1 aromatic heterocycles. The molecule has 0 aliphatic carbocycles. The molecule has 0 saturated carbocycles. The number of hydrogen-bond donors (Lipinski definition) is 0. The Hall–Kier alpha value is -3.05. The zero-order valence-electron chi connectivity index (χ0n) is 16.1. The molecule has 4 aromatic rings. The topological polar surface area (TPSA) is 42.9 Å². The predicted molar refractivity (Wildman–Crippen MR) is 116 cm³/mol. The fourth-order valence-electron chi connectivity index (χ4n) is 3.16. The number of benzene rings is 3. The van der Waals surface area contributed by atoms with Crippen LogP contribution in [0.4, 0.5) is 4.39 Å². The van der Waals surface area contributed by atoms with Crippen molar-refractivity contribution >= 4 is 28.3 Å².